The summed E-state index contributed by atoms with van der Waals surface area (Å²) in [7, 11) is -3.92. The second kappa shape index (κ2) is 8.49. The molecular weight excluding hydrogens is 411 g/mol. The van der Waals surface area contributed by atoms with Gasteiger partial charge in [0, 0.05) is 32.8 Å². The maximum Gasteiger partial charge on any atom is 0.416 e. The lowest BCUT2D eigenvalue weighted by Gasteiger charge is -2.35. The summed E-state index contributed by atoms with van der Waals surface area (Å²) in [6, 6.07) is 3.01. The molecule has 2 heterocycles. The molecule has 2 fully saturated rings. The van der Waals surface area contributed by atoms with Crippen molar-refractivity contribution in [1.29, 1.82) is 0 Å². The van der Waals surface area contributed by atoms with Gasteiger partial charge in [-0.1, -0.05) is 0 Å². The lowest BCUT2D eigenvalue weighted by atomic mass is 10.1. The average Bonchev–Trinajstić information content (AvgIpc) is 3.22. The normalized spacial score (nSPS) is 22.5. The van der Waals surface area contributed by atoms with E-state index in [1.807, 2.05) is 6.92 Å². The van der Waals surface area contributed by atoms with Crippen LogP contribution < -0.4 is 5.32 Å². The van der Waals surface area contributed by atoms with Crippen molar-refractivity contribution in [2.75, 3.05) is 32.8 Å². The number of hydrogen-bond donors (Lipinski definition) is 1. The summed E-state index contributed by atoms with van der Waals surface area (Å²) >= 11 is 0. The number of carbonyl (C=O) groups is 1. The Bertz CT molecular complexity index is 816. The predicted molar refractivity (Wildman–Crippen MR) is 98.7 cm³/mol. The van der Waals surface area contributed by atoms with Crippen molar-refractivity contribution in [2.24, 2.45) is 0 Å². The molecule has 1 aromatic carbocycles. The number of piperazine rings is 1. The third kappa shape index (κ3) is 5.01. The number of alkyl halides is 3. The van der Waals surface area contributed by atoms with Crippen molar-refractivity contribution in [3.63, 3.8) is 0 Å². The molecule has 0 bridgehead atoms. The van der Waals surface area contributed by atoms with Gasteiger partial charge in [0.1, 0.15) is 0 Å². The largest absolute Gasteiger partial charge is 0.416 e. The van der Waals surface area contributed by atoms with Crippen LogP contribution in [0, 0.1) is 0 Å². The topological polar surface area (TPSA) is 79.0 Å². The van der Waals surface area contributed by atoms with Crippen LogP contribution in [0.5, 0.6) is 0 Å². The van der Waals surface area contributed by atoms with Gasteiger partial charge in [-0.25, -0.2) is 13.2 Å². The first-order valence-electron chi connectivity index (χ1n) is 9.43. The van der Waals surface area contributed by atoms with Crippen LogP contribution in [0.3, 0.4) is 0 Å². The molecule has 0 aliphatic carbocycles. The van der Waals surface area contributed by atoms with E-state index in [1.165, 1.54) is 9.21 Å². The van der Waals surface area contributed by atoms with Crippen LogP contribution >= 0.6 is 0 Å². The molecule has 29 heavy (non-hydrogen) atoms. The van der Waals surface area contributed by atoms with Crippen molar-refractivity contribution in [3.05, 3.63) is 29.8 Å². The quantitative estimate of drug-likeness (QED) is 0.787. The molecule has 2 aliphatic heterocycles. The number of carbonyl (C=O) groups excluding carboxylic acids is 1. The molecular formula is C18H24F3N3O4S. The highest BCUT2D eigenvalue weighted by Gasteiger charge is 2.34. The molecule has 7 nitrogen and oxygen atoms in total. The summed E-state index contributed by atoms with van der Waals surface area (Å²) in [6.07, 6.45) is -2.69. The summed E-state index contributed by atoms with van der Waals surface area (Å²) in [6.45, 7) is 3.11. The van der Waals surface area contributed by atoms with E-state index in [-0.39, 0.29) is 49.3 Å². The number of benzene rings is 1. The van der Waals surface area contributed by atoms with Gasteiger partial charge in [0.15, 0.2) is 0 Å². The number of nitrogens with one attached hydrogen (secondary N) is 1. The number of sulfonamides is 1. The van der Waals surface area contributed by atoms with E-state index in [1.54, 1.807) is 0 Å². The van der Waals surface area contributed by atoms with Gasteiger partial charge in [-0.2, -0.15) is 17.5 Å². The number of rotatable bonds is 4. The Morgan fingerprint density at radius 3 is 2.31 bits per heavy atom. The molecule has 2 saturated heterocycles. The van der Waals surface area contributed by atoms with E-state index in [0.29, 0.717) is 6.61 Å². The van der Waals surface area contributed by atoms with Crippen LogP contribution in [0.1, 0.15) is 25.3 Å². The first-order valence-corrected chi connectivity index (χ1v) is 10.9. The Morgan fingerprint density at radius 2 is 1.79 bits per heavy atom. The predicted octanol–water partition coefficient (Wildman–Crippen LogP) is 2.29. The third-order valence-corrected chi connectivity index (χ3v) is 7.13. The zero-order valence-corrected chi connectivity index (χ0v) is 16.8. The lowest BCUT2D eigenvalue weighted by Crippen LogP contribution is -2.55. The molecule has 2 amide bonds. The number of amides is 2. The van der Waals surface area contributed by atoms with E-state index >= 15 is 0 Å². The lowest BCUT2D eigenvalue weighted by molar-refractivity contribution is -0.137. The second-order valence-corrected chi connectivity index (χ2v) is 9.14. The minimum absolute atomic E-state index is 0.0136. The van der Waals surface area contributed by atoms with Gasteiger partial charge >= 0.3 is 12.2 Å². The summed E-state index contributed by atoms with van der Waals surface area (Å²) < 4.78 is 70.1. The third-order valence-electron chi connectivity index (χ3n) is 5.22. The van der Waals surface area contributed by atoms with Crippen LogP contribution in [-0.4, -0.2) is 68.6 Å². The molecule has 2 unspecified atom stereocenters. The second-order valence-electron chi connectivity index (χ2n) is 7.20. The fourth-order valence-electron chi connectivity index (χ4n) is 3.47. The van der Waals surface area contributed by atoms with Gasteiger partial charge in [-0.3, -0.25) is 0 Å². The summed E-state index contributed by atoms with van der Waals surface area (Å²) in [5.74, 6) is 0. The molecule has 2 aliphatic rings. The minimum atomic E-state index is -4.53. The van der Waals surface area contributed by atoms with Crippen molar-refractivity contribution >= 4 is 16.1 Å². The van der Waals surface area contributed by atoms with Gasteiger partial charge in [-0.05, 0) is 44.0 Å². The Kier molecular flexibility index (Phi) is 6.39. The average molecular weight is 435 g/mol. The molecule has 11 heteroatoms. The van der Waals surface area contributed by atoms with Gasteiger partial charge < -0.3 is 15.0 Å². The molecule has 2 atom stereocenters. The fraction of sp³-hybridized carbons (Fsp3) is 0.611. The van der Waals surface area contributed by atoms with Gasteiger partial charge in [0.25, 0.3) is 0 Å². The first-order chi connectivity index (χ1) is 13.6. The SMILES string of the molecule is CC(NC(=O)N1CCN(S(=O)(=O)c2ccc(C(F)(F)F)cc2)CC1)C1CCCO1. The first kappa shape index (κ1) is 21.8. The highest BCUT2D eigenvalue weighted by Crippen LogP contribution is 2.30. The number of hydrogen-bond acceptors (Lipinski definition) is 4. The Balaban J connectivity index is 1.57. The van der Waals surface area contributed by atoms with E-state index in [9.17, 15) is 26.4 Å². The van der Waals surface area contributed by atoms with Crippen LogP contribution in [0.2, 0.25) is 0 Å². The van der Waals surface area contributed by atoms with Crippen molar-refractivity contribution < 1.29 is 31.1 Å². The van der Waals surface area contributed by atoms with Crippen LogP contribution in [0.25, 0.3) is 0 Å². The van der Waals surface area contributed by atoms with Crippen LogP contribution in [0.4, 0.5) is 18.0 Å². The number of ether oxygens (including phenoxy) is 1. The van der Waals surface area contributed by atoms with Crippen LogP contribution in [0.15, 0.2) is 29.2 Å². The van der Waals surface area contributed by atoms with Crippen LogP contribution in [-0.2, 0) is 20.9 Å². The van der Waals surface area contributed by atoms with Crippen molar-refractivity contribution in [1.82, 2.24) is 14.5 Å². The summed E-state index contributed by atoms with van der Waals surface area (Å²) in [5, 5.41) is 2.88. The maximum atomic E-state index is 12.7. The molecule has 1 N–H and O–H groups in total. The van der Waals surface area contributed by atoms with E-state index in [0.717, 1.165) is 37.1 Å². The van der Waals surface area contributed by atoms with Gasteiger partial charge in [0.05, 0.1) is 22.6 Å². The molecule has 0 saturated carbocycles. The number of urea groups is 1. The van der Waals surface area contributed by atoms with Gasteiger partial charge in [-0.15, -0.1) is 0 Å². The highest BCUT2D eigenvalue weighted by molar-refractivity contribution is 7.89. The zero-order valence-electron chi connectivity index (χ0n) is 16.0. The maximum absolute atomic E-state index is 12.7. The van der Waals surface area contributed by atoms with Crippen molar-refractivity contribution in [2.45, 2.75) is 43.0 Å². The van der Waals surface area contributed by atoms with E-state index in [2.05, 4.69) is 5.32 Å². The smallest absolute Gasteiger partial charge is 0.376 e. The Hall–Kier alpha value is -1.85. The Labute approximate surface area is 167 Å². The standard InChI is InChI=1S/C18H24F3N3O4S/c1-13(16-3-2-12-28-16)22-17(25)23-8-10-24(11-9-23)29(26,27)15-6-4-14(5-7-15)18(19,20)21/h4-7,13,16H,2-3,8-12H2,1H3,(H,22,25). The number of nitrogens with zero attached hydrogens (tertiary/aromatic N) is 2. The monoisotopic (exact) mass is 435 g/mol. The van der Waals surface area contributed by atoms with Crippen molar-refractivity contribution in [3.8, 4) is 0 Å². The van der Waals surface area contributed by atoms with E-state index < -0.39 is 21.8 Å². The molecule has 1 aromatic rings. The molecule has 3 rings (SSSR count). The zero-order chi connectivity index (χ0) is 21.2. The van der Waals surface area contributed by atoms with E-state index in [4.69, 9.17) is 4.74 Å². The summed E-state index contributed by atoms with van der Waals surface area (Å²) in [5.41, 5.74) is -0.904. The molecule has 162 valence electrons. The fourth-order valence-corrected chi connectivity index (χ4v) is 4.89. The molecule has 0 spiro atoms. The highest BCUT2D eigenvalue weighted by atomic mass is 32.2. The number of halogens is 3. The minimum Gasteiger partial charge on any atom is -0.376 e. The Morgan fingerprint density at radius 1 is 1.17 bits per heavy atom. The molecule has 0 radical (unpaired) electrons. The molecule has 0 aromatic heterocycles. The summed E-state index contributed by atoms with van der Waals surface area (Å²) in [4.78, 5) is 13.7. The van der Waals surface area contributed by atoms with Gasteiger partial charge in [0.2, 0.25) is 10.0 Å².